The summed E-state index contributed by atoms with van der Waals surface area (Å²) in [7, 11) is 0. The van der Waals surface area contributed by atoms with Gasteiger partial charge in [0.1, 0.15) is 0 Å². The molecule has 0 aliphatic carbocycles. The van der Waals surface area contributed by atoms with Crippen LogP contribution in [0.5, 0.6) is 0 Å². The van der Waals surface area contributed by atoms with E-state index in [2.05, 4.69) is 0 Å². The summed E-state index contributed by atoms with van der Waals surface area (Å²) in [6.45, 7) is 0. The molecule has 0 aliphatic rings. The van der Waals surface area contributed by atoms with E-state index >= 15 is 0 Å². The fourth-order valence-corrected chi connectivity index (χ4v) is 0. The van der Waals surface area contributed by atoms with Gasteiger partial charge < -0.3 is 0 Å². The summed E-state index contributed by atoms with van der Waals surface area (Å²) in [4.78, 5) is 0. The molecule has 0 N–H and O–H groups in total. The van der Waals surface area contributed by atoms with Gasteiger partial charge in [-0.25, -0.2) is 0 Å². The van der Waals surface area contributed by atoms with Crippen molar-refractivity contribution in [2.24, 2.45) is 0 Å². The third-order valence-electron chi connectivity index (χ3n) is 0. The van der Waals surface area contributed by atoms with Gasteiger partial charge >= 0.3 is 51.4 Å². The van der Waals surface area contributed by atoms with Gasteiger partial charge in [-0.05, 0) is 0 Å². The Balaban J connectivity index is 0. The van der Waals surface area contributed by atoms with Crippen molar-refractivity contribution in [3.8, 4) is 0 Å². The van der Waals surface area contributed by atoms with Crippen molar-refractivity contribution >= 4 is 51.4 Å². The third-order valence-corrected chi connectivity index (χ3v) is 0. The van der Waals surface area contributed by atoms with E-state index in [1.54, 1.807) is 0 Å². The van der Waals surface area contributed by atoms with Crippen LogP contribution in [0.3, 0.4) is 0 Å². The molecule has 0 saturated carbocycles. The zero-order valence-corrected chi connectivity index (χ0v) is 5.41. The maximum Gasteiger partial charge on any atom is 0 e. The Morgan fingerprint density at radius 2 is 0.375 bits per heavy atom. The maximum atomic E-state index is 0. The zero-order chi connectivity index (χ0) is 0. The van der Waals surface area contributed by atoms with Gasteiger partial charge in [0.15, 0.2) is 0 Å². The summed E-state index contributed by atoms with van der Waals surface area (Å²) in [5.74, 6) is 0. The van der Waals surface area contributed by atoms with Gasteiger partial charge in [-0.2, -0.15) is 0 Å². The standard InChI is InChI=1S/6FH.K.Zr.H/h6*1H;;;. The average Bonchev–Trinajstić information content (AvgIpc) is 0. The summed E-state index contributed by atoms with van der Waals surface area (Å²) < 4.78 is 0. The molecule has 0 saturated heterocycles. The van der Waals surface area contributed by atoms with E-state index in [-0.39, 0.29) is 106 Å². The van der Waals surface area contributed by atoms with Crippen LogP contribution in [0, 0.1) is 0 Å². The molecular weight excluding hydrogens is 244 g/mol. The van der Waals surface area contributed by atoms with Gasteiger partial charge in [-0.1, -0.05) is 0 Å². The molecule has 0 rings (SSSR count). The molecule has 0 aromatic heterocycles. The van der Waals surface area contributed by atoms with Crippen LogP contribution < -0.4 is 0 Å². The minimum atomic E-state index is 0. The first-order valence-electron chi connectivity index (χ1n) is 0. The van der Waals surface area contributed by atoms with Crippen molar-refractivity contribution < 1.29 is 54.4 Å². The van der Waals surface area contributed by atoms with Gasteiger partial charge in [-0.3, -0.25) is 28.2 Å². The Morgan fingerprint density at radius 1 is 0.375 bits per heavy atom. The van der Waals surface area contributed by atoms with E-state index in [1.807, 2.05) is 0 Å². The van der Waals surface area contributed by atoms with Crippen molar-refractivity contribution in [2.75, 3.05) is 0 Å². The first kappa shape index (κ1) is 190. The summed E-state index contributed by atoms with van der Waals surface area (Å²) in [6.07, 6.45) is 0. The quantitative estimate of drug-likeness (QED) is 0.428. The molecule has 8 heavy (non-hydrogen) atoms. The largest absolute Gasteiger partial charge is 0 e. The molecule has 0 unspecified atom stereocenters. The van der Waals surface area contributed by atoms with Crippen LogP contribution >= 0.6 is 0 Å². The van der Waals surface area contributed by atoms with Crippen molar-refractivity contribution in [1.29, 1.82) is 0 Å². The van der Waals surface area contributed by atoms with Crippen LogP contribution in [0.15, 0.2) is 0 Å². The molecule has 0 spiro atoms. The Kier molecular flexibility index (Phi) is 3210. The van der Waals surface area contributed by atoms with Crippen LogP contribution in [0.4, 0.5) is 28.2 Å². The van der Waals surface area contributed by atoms with Crippen LogP contribution in [-0.4, -0.2) is 51.4 Å². The number of halogens is 6. The van der Waals surface area contributed by atoms with Crippen LogP contribution in [-0.2, 0) is 26.2 Å². The predicted octanol–water partition coefficient (Wildman–Crippen LogP) is 0.264. The van der Waals surface area contributed by atoms with Crippen molar-refractivity contribution in [3.63, 3.8) is 0 Å². The summed E-state index contributed by atoms with van der Waals surface area (Å²) in [5, 5.41) is 0. The topological polar surface area (TPSA) is 0 Å². The van der Waals surface area contributed by atoms with Crippen molar-refractivity contribution in [1.82, 2.24) is 0 Å². The molecule has 0 aromatic rings. The minimum absolute atomic E-state index is 0. The number of hydrogen-bond donors (Lipinski definition) is 0. The van der Waals surface area contributed by atoms with Crippen LogP contribution in [0.25, 0.3) is 0 Å². The molecule has 0 nitrogen and oxygen atoms in total. The summed E-state index contributed by atoms with van der Waals surface area (Å²) >= 11 is 0. The molecular formula is H7F6KZr. The molecule has 0 aromatic carbocycles. The molecule has 8 heteroatoms. The van der Waals surface area contributed by atoms with Gasteiger partial charge in [-0.15, -0.1) is 0 Å². The van der Waals surface area contributed by atoms with Crippen LogP contribution in [0.2, 0.25) is 0 Å². The van der Waals surface area contributed by atoms with Gasteiger partial charge in [0.25, 0.3) is 0 Å². The zero-order valence-electron chi connectivity index (χ0n) is 2.95. The normalized spacial score (nSPS) is 0. The molecule has 0 radical (unpaired) electrons. The monoisotopic (exact) mass is 250 g/mol. The predicted molar refractivity (Wildman–Crippen MR) is 22.2 cm³/mol. The van der Waals surface area contributed by atoms with E-state index in [1.165, 1.54) is 0 Å². The fraction of sp³-hybridized carbons (Fsp3) is 0. The first-order valence-corrected chi connectivity index (χ1v) is 0. The van der Waals surface area contributed by atoms with E-state index in [9.17, 15) is 0 Å². The van der Waals surface area contributed by atoms with Gasteiger partial charge in [0.2, 0.25) is 0 Å². The molecule has 0 fully saturated rings. The fourth-order valence-electron chi connectivity index (χ4n) is 0. The molecule has 0 amide bonds. The molecule has 0 bridgehead atoms. The van der Waals surface area contributed by atoms with Crippen molar-refractivity contribution in [3.05, 3.63) is 0 Å². The number of hydrogen-bond acceptors (Lipinski definition) is 0. The van der Waals surface area contributed by atoms with E-state index in [4.69, 9.17) is 0 Å². The maximum absolute atomic E-state index is 0. The second-order valence-electron chi connectivity index (χ2n) is 0. The number of rotatable bonds is 0. The first-order chi connectivity index (χ1) is 0. The van der Waals surface area contributed by atoms with E-state index in [0.29, 0.717) is 0 Å². The minimum Gasteiger partial charge on any atom is 0 e. The average molecular weight is 251 g/mol. The van der Waals surface area contributed by atoms with Gasteiger partial charge in [0.05, 0.1) is 0 Å². The Labute approximate surface area is 104 Å². The molecule has 0 heterocycles. The Hall–Kier alpha value is 2.10. The Bertz CT molecular complexity index is 8.49. The molecule has 0 atom stereocenters. The van der Waals surface area contributed by atoms with E-state index < -0.39 is 0 Å². The molecule has 54 valence electrons. The van der Waals surface area contributed by atoms with Crippen LogP contribution in [0.1, 0.15) is 0 Å². The smallest absolute Gasteiger partial charge is 0 e. The van der Waals surface area contributed by atoms with E-state index in [0.717, 1.165) is 0 Å². The SMILES string of the molecule is F.F.F.F.F.F.[KH].[Zr]. The summed E-state index contributed by atoms with van der Waals surface area (Å²) in [5.41, 5.74) is 0. The third kappa shape index (κ3) is 92.6. The van der Waals surface area contributed by atoms with Gasteiger partial charge in [0, 0.05) is 26.2 Å². The Morgan fingerprint density at radius 3 is 0.375 bits per heavy atom. The second kappa shape index (κ2) is 135. The summed E-state index contributed by atoms with van der Waals surface area (Å²) in [6, 6.07) is 0. The molecule has 0 aliphatic heterocycles. The van der Waals surface area contributed by atoms with Crippen molar-refractivity contribution in [2.45, 2.75) is 0 Å². The second-order valence-corrected chi connectivity index (χ2v) is 0.